The van der Waals surface area contributed by atoms with E-state index in [1.54, 1.807) is 31.2 Å². The summed E-state index contributed by atoms with van der Waals surface area (Å²) in [6.45, 7) is 2.10. The number of amidine groups is 1. The third kappa shape index (κ3) is 4.05. The third-order valence-corrected chi connectivity index (χ3v) is 5.21. The quantitative estimate of drug-likeness (QED) is 0.564. The van der Waals surface area contributed by atoms with Gasteiger partial charge >= 0.3 is 0 Å². The fraction of sp³-hybridized carbons (Fsp3) is 0.182. The molecule has 0 saturated carbocycles. The summed E-state index contributed by atoms with van der Waals surface area (Å²) >= 11 is 1.32. The van der Waals surface area contributed by atoms with Gasteiger partial charge in [0.05, 0.1) is 17.7 Å². The van der Waals surface area contributed by atoms with Crippen molar-refractivity contribution in [1.82, 2.24) is 4.90 Å². The first-order valence-corrected chi connectivity index (χ1v) is 9.42. The SMILES string of the molecule is C#CCOc1c(/C=C2\SC(=Nc3ccccc3C)N(C)C2=O)cccc1OC. The first-order valence-electron chi connectivity index (χ1n) is 8.60. The van der Waals surface area contributed by atoms with Crippen molar-refractivity contribution in [2.45, 2.75) is 6.92 Å². The smallest absolute Gasteiger partial charge is 0.266 e. The van der Waals surface area contributed by atoms with Crippen molar-refractivity contribution in [2.24, 2.45) is 4.99 Å². The number of thioether (sulfide) groups is 1. The standard InChI is InChI=1S/C22H20N2O3S/c1-5-13-27-20-16(10-8-12-18(20)26-4)14-19-21(25)24(3)22(28-19)23-17-11-7-6-9-15(17)2/h1,6-12,14H,13H2,2-4H3/b19-14-,23-22?. The first kappa shape index (κ1) is 19.6. The topological polar surface area (TPSA) is 51.1 Å². The molecular formula is C22H20N2O3S. The number of aryl methyl sites for hydroxylation is 1. The molecule has 28 heavy (non-hydrogen) atoms. The average molecular weight is 392 g/mol. The number of terminal acetylenes is 1. The van der Waals surface area contributed by atoms with E-state index in [1.807, 2.05) is 43.3 Å². The summed E-state index contributed by atoms with van der Waals surface area (Å²) in [4.78, 5) is 19.5. The molecule has 0 atom stereocenters. The van der Waals surface area contributed by atoms with Gasteiger partial charge in [-0.3, -0.25) is 9.69 Å². The highest BCUT2D eigenvalue weighted by molar-refractivity contribution is 8.18. The number of rotatable bonds is 5. The summed E-state index contributed by atoms with van der Waals surface area (Å²) in [7, 11) is 3.28. The summed E-state index contributed by atoms with van der Waals surface area (Å²) in [5.74, 6) is 3.39. The second kappa shape index (κ2) is 8.68. The monoisotopic (exact) mass is 392 g/mol. The van der Waals surface area contributed by atoms with E-state index in [0.717, 1.165) is 16.8 Å². The van der Waals surface area contributed by atoms with Crippen LogP contribution in [0.3, 0.4) is 0 Å². The van der Waals surface area contributed by atoms with Crippen LogP contribution >= 0.6 is 11.8 Å². The molecule has 1 aliphatic heterocycles. The molecule has 2 aromatic carbocycles. The maximum Gasteiger partial charge on any atom is 0.266 e. The molecule has 0 aliphatic carbocycles. The molecule has 0 radical (unpaired) electrons. The minimum atomic E-state index is -0.122. The molecule has 0 N–H and O–H groups in total. The van der Waals surface area contributed by atoms with Crippen LogP contribution in [0.2, 0.25) is 0 Å². The molecule has 3 rings (SSSR count). The van der Waals surface area contributed by atoms with Crippen molar-refractivity contribution >= 4 is 34.6 Å². The van der Waals surface area contributed by atoms with Crippen molar-refractivity contribution in [3.63, 3.8) is 0 Å². The van der Waals surface area contributed by atoms with E-state index in [4.69, 9.17) is 15.9 Å². The van der Waals surface area contributed by atoms with Crippen LogP contribution in [0.1, 0.15) is 11.1 Å². The Labute approximate surface area is 169 Å². The Kier molecular flexibility index (Phi) is 6.07. The number of benzene rings is 2. The molecule has 2 aromatic rings. The van der Waals surface area contributed by atoms with Crippen LogP contribution in [0, 0.1) is 19.3 Å². The highest BCUT2D eigenvalue weighted by atomic mass is 32.2. The molecule has 1 heterocycles. The highest BCUT2D eigenvalue weighted by Crippen LogP contribution is 2.37. The van der Waals surface area contributed by atoms with Gasteiger partial charge in [-0.15, -0.1) is 6.42 Å². The summed E-state index contributed by atoms with van der Waals surface area (Å²) in [5, 5.41) is 0.625. The Hall–Kier alpha value is -3.17. The van der Waals surface area contributed by atoms with Gasteiger partial charge in [0, 0.05) is 12.6 Å². The molecule has 1 aliphatic rings. The molecule has 0 spiro atoms. The third-order valence-electron chi connectivity index (χ3n) is 4.15. The van der Waals surface area contributed by atoms with E-state index in [-0.39, 0.29) is 12.5 Å². The van der Waals surface area contributed by atoms with E-state index in [2.05, 4.69) is 10.9 Å². The van der Waals surface area contributed by atoms with Crippen molar-refractivity contribution < 1.29 is 14.3 Å². The van der Waals surface area contributed by atoms with Gasteiger partial charge < -0.3 is 9.47 Å². The van der Waals surface area contributed by atoms with E-state index < -0.39 is 0 Å². The highest BCUT2D eigenvalue weighted by Gasteiger charge is 2.31. The number of aliphatic imine (C=N–C) groups is 1. The van der Waals surface area contributed by atoms with Crippen molar-refractivity contribution in [3.8, 4) is 23.8 Å². The first-order chi connectivity index (χ1) is 13.5. The lowest BCUT2D eigenvalue weighted by atomic mass is 10.1. The predicted octanol–water partition coefficient (Wildman–Crippen LogP) is 4.25. The zero-order valence-electron chi connectivity index (χ0n) is 15.9. The van der Waals surface area contributed by atoms with Crippen LogP contribution in [0.4, 0.5) is 5.69 Å². The summed E-state index contributed by atoms with van der Waals surface area (Å²) in [6, 6.07) is 13.3. The van der Waals surface area contributed by atoms with E-state index in [0.29, 0.717) is 21.6 Å². The van der Waals surface area contributed by atoms with E-state index >= 15 is 0 Å². The summed E-state index contributed by atoms with van der Waals surface area (Å²) in [5.41, 5.74) is 2.60. The number of ether oxygens (including phenoxy) is 2. The van der Waals surface area contributed by atoms with Gasteiger partial charge in [-0.25, -0.2) is 4.99 Å². The van der Waals surface area contributed by atoms with Crippen LogP contribution in [0.25, 0.3) is 6.08 Å². The lowest BCUT2D eigenvalue weighted by molar-refractivity contribution is -0.121. The number of carbonyl (C=O) groups is 1. The zero-order chi connectivity index (χ0) is 20.1. The molecule has 5 nitrogen and oxygen atoms in total. The molecule has 1 fully saturated rings. The number of carbonyl (C=O) groups excluding carboxylic acids is 1. The minimum Gasteiger partial charge on any atom is -0.493 e. The minimum absolute atomic E-state index is 0.109. The Balaban J connectivity index is 1.97. The van der Waals surface area contributed by atoms with Crippen molar-refractivity contribution in [1.29, 1.82) is 0 Å². The molecule has 142 valence electrons. The van der Waals surface area contributed by atoms with Crippen LogP contribution in [0.15, 0.2) is 52.4 Å². The molecule has 6 heteroatoms. The lowest BCUT2D eigenvalue weighted by Crippen LogP contribution is -2.23. The van der Waals surface area contributed by atoms with Gasteiger partial charge in [-0.1, -0.05) is 36.3 Å². The molecular weight excluding hydrogens is 372 g/mol. The Bertz CT molecular complexity index is 1010. The number of amides is 1. The Morgan fingerprint density at radius 3 is 2.75 bits per heavy atom. The van der Waals surface area contributed by atoms with Crippen molar-refractivity contribution in [3.05, 3.63) is 58.5 Å². The predicted molar refractivity (Wildman–Crippen MR) is 114 cm³/mol. The largest absolute Gasteiger partial charge is 0.493 e. The van der Waals surface area contributed by atoms with Gasteiger partial charge in [0.2, 0.25) is 0 Å². The molecule has 0 bridgehead atoms. The molecule has 1 saturated heterocycles. The van der Waals surface area contributed by atoms with E-state index in [1.165, 1.54) is 11.8 Å². The van der Waals surface area contributed by atoms with Crippen molar-refractivity contribution in [2.75, 3.05) is 20.8 Å². The number of methoxy groups -OCH3 is 1. The Morgan fingerprint density at radius 2 is 2.04 bits per heavy atom. The van der Waals surface area contributed by atoms with Gasteiger partial charge in [0.1, 0.15) is 6.61 Å². The van der Waals surface area contributed by atoms with Crippen LogP contribution in [-0.2, 0) is 4.79 Å². The number of para-hydroxylation sites is 2. The summed E-state index contributed by atoms with van der Waals surface area (Å²) in [6.07, 6.45) is 7.09. The van der Waals surface area contributed by atoms with Crippen LogP contribution < -0.4 is 9.47 Å². The average Bonchev–Trinajstić information content (AvgIpc) is 2.96. The zero-order valence-corrected chi connectivity index (χ0v) is 16.7. The van der Waals surface area contributed by atoms with Gasteiger partial charge in [-0.2, -0.15) is 0 Å². The van der Waals surface area contributed by atoms with Crippen LogP contribution in [-0.4, -0.2) is 36.7 Å². The molecule has 0 unspecified atom stereocenters. The fourth-order valence-electron chi connectivity index (χ4n) is 2.66. The summed E-state index contributed by atoms with van der Waals surface area (Å²) < 4.78 is 11.0. The lowest BCUT2D eigenvalue weighted by Gasteiger charge is -2.11. The fourth-order valence-corrected chi connectivity index (χ4v) is 3.63. The second-order valence-corrected chi connectivity index (χ2v) is 7.04. The van der Waals surface area contributed by atoms with E-state index in [9.17, 15) is 4.79 Å². The van der Waals surface area contributed by atoms with Crippen LogP contribution in [0.5, 0.6) is 11.5 Å². The number of hydrogen-bond donors (Lipinski definition) is 0. The van der Waals surface area contributed by atoms with Gasteiger partial charge in [0.25, 0.3) is 5.91 Å². The van der Waals surface area contributed by atoms with Gasteiger partial charge in [0.15, 0.2) is 16.7 Å². The Morgan fingerprint density at radius 1 is 1.25 bits per heavy atom. The second-order valence-electron chi connectivity index (χ2n) is 6.03. The number of nitrogens with zero attached hydrogens (tertiary/aromatic N) is 2. The van der Waals surface area contributed by atoms with Gasteiger partial charge in [-0.05, 0) is 42.5 Å². The number of likely N-dealkylation sites (N-methyl/N-ethyl adjacent to an activating group) is 1. The molecule has 0 aromatic heterocycles. The maximum absolute atomic E-state index is 12.7. The maximum atomic E-state index is 12.7. The molecule has 1 amide bonds. The normalized spacial score (nSPS) is 16.5. The number of hydrogen-bond acceptors (Lipinski definition) is 5.